The Hall–Kier alpha value is -1.93. The summed E-state index contributed by atoms with van der Waals surface area (Å²) < 4.78 is 7.80. The Kier molecular flexibility index (Phi) is 4.70. The van der Waals surface area contributed by atoms with Gasteiger partial charge in [-0.1, -0.05) is 15.9 Å². The highest BCUT2D eigenvalue weighted by Gasteiger charge is 2.13. The third kappa shape index (κ3) is 4.04. The van der Waals surface area contributed by atoms with Crippen molar-refractivity contribution in [3.8, 4) is 5.75 Å². The molecule has 1 heterocycles. The van der Waals surface area contributed by atoms with E-state index in [-0.39, 0.29) is 19.0 Å². The summed E-state index contributed by atoms with van der Waals surface area (Å²) in [7, 11) is 0. The van der Waals surface area contributed by atoms with E-state index < -0.39 is 11.0 Å². The Bertz CT molecular complexity index is 585. The Morgan fingerprint density at radius 2 is 2.15 bits per heavy atom. The van der Waals surface area contributed by atoms with Gasteiger partial charge < -0.3 is 24.5 Å². The lowest BCUT2D eigenvalue weighted by Gasteiger charge is -2.12. The molecule has 1 atom stereocenters. The van der Waals surface area contributed by atoms with Gasteiger partial charge in [-0.3, -0.25) is 0 Å². The minimum Gasteiger partial charge on any atom is -0.491 e. The van der Waals surface area contributed by atoms with Crippen molar-refractivity contribution in [2.24, 2.45) is 0 Å². The number of imidazole rings is 1. The highest BCUT2D eigenvalue weighted by molar-refractivity contribution is 9.10. The highest BCUT2D eigenvalue weighted by atomic mass is 79.9. The van der Waals surface area contributed by atoms with E-state index in [1.807, 2.05) is 12.1 Å². The second-order valence-electron chi connectivity index (χ2n) is 4.10. The molecule has 0 aliphatic heterocycles. The summed E-state index contributed by atoms with van der Waals surface area (Å²) in [5.74, 6) is 0.398. The van der Waals surface area contributed by atoms with Crippen LogP contribution < -0.4 is 4.74 Å². The van der Waals surface area contributed by atoms with Gasteiger partial charge in [0.15, 0.2) is 0 Å². The van der Waals surface area contributed by atoms with Gasteiger partial charge in [0.25, 0.3) is 0 Å². The number of nitro groups is 1. The molecular formula is C12H12BrN3O4. The topological polar surface area (TPSA) is 90.4 Å². The monoisotopic (exact) mass is 341 g/mol. The molecule has 1 aromatic heterocycles. The molecule has 0 radical (unpaired) electrons. The summed E-state index contributed by atoms with van der Waals surface area (Å²) in [6.07, 6.45) is 1.79. The first kappa shape index (κ1) is 14.5. The van der Waals surface area contributed by atoms with Crippen molar-refractivity contribution in [2.75, 3.05) is 6.61 Å². The summed E-state index contributed by atoms with van der Waals surface area (Å²) in [4.78, 5) is 13.5. The van der Waals surface area contributed by atoms with Crippen LogP contribution in [-0.4, -0.2) is 32.3 Å². The van der Waals surface area contributed by atoms with Gasteiger partial charge in [0, 0.05) is 4.47 Å². The maximum absolute atomic E-state index is 10.5. The first-order valence-electron chi connectivity index (χ1n) is 5.77. The number of rotatable bonds is 6. The number of aliphatic hydroxyl groups is 1. The minimum atomic E-state index is -0.785. The van der Waals surface area contributed by atoms with Crippen LogP contribution in [0.2, 0.25) is 0 Å². The average Bonchev–Trinajstić information content (AvgIpc) is 2.87. The van der Waals surface area contributed by atoms with E-state index in [1.165, 1.54) is 17.1 Å². The van der Waals surface area contributed by atoms with Crippen molar-refractivity contribution in [2.45, 2.75) is 12.6 Å². The summed E-state index contributed by atoms with van der Waals surface area (Å²) in [6.45, 7) is 0.269. The molecule has 0 aliphatic rings. The Balaban J connectivity index is 1.84. The van der Waals surface area contributed by atoms with E-state index in [0.29, 0.717) is 5.75 Å². The highest BCUT2D eigenvalue weighted by Crippen LogP contribution is 2.16. The normalized spacial score (nSPS) is 12.1. The van der Waals surface area contributed by atoms with Crippen LogP contribution in [-0.2, 0) is 6.54 Å². The van der Waals surface area contributed by atoms with Crippen LogP contribution in [0.15, 0.2) is 41.3 Å². The number of hydrogen-bond acceptors (Lipinski definition) is 5. The van der Waals surface area contributed by atoms with Crippen LogP contribution >= 0.6 is 15.9 Å². The lowest BCUT2D eigenvalue weighted by Crippen LogP contribution is -2.23. The van der Waals surface area contributed by atoms with E-state index in [2.05, 4.69) is 20.9 Å². The number of aliphatic hydroxyl groups excluding tert-OH is 1. The molecule has 2 rings (SSSR count). The third-order valence-electron chi connectivity index (χ3n) is 2.48. The fourth-order valence-electron chi connectivity index (χ4n) is 1.56. The van der Waals surface area contributed by atoms with Crippen molar-refractivity contribution in [3.63, 3.8) is 0 Å². The van der Waals surface area contributed by atoms with E-state index >= 15 is 0 Å². The fourth-order valence-corrected chi connectivity index (χ4v) is 1.83. The molecule has 0 saturated carbocycles. The maximum atomic E-state index is 10.5. The van der Waals surface area contributed by atoms with Crippen LogP contribution in [0, 0.1) is 10.1 Å². The lowest BCUT2D eigenvalue weighted by atomic mass is 10.3. The summed E-state index contributed by atoms with van der Waals surface area (Å²) in [5.41, 5.74) is 0. The largest absolute Gasteiger partial charge is 0.491 e. The number of halogens is 1. The molecule has 0 spiro atoms. The van der Waals surface area contributed by atoms with Gasteiger partial charge in [-0.2, -0.15) is 0 Å². The Labute approximate surface area is 123 Å². The van der Waals surface area contributed by atoms with Crippen molar-refractivity contribution in [1.29, 1.82) is 0 Å². The van der Waals surface area contributed by atoms with Gasteiger partial charge >= 0.3 is 5.82 Å². The molecule has 20 heavy (non-hydrogen) atoms. The average molecular weight is 342 g/mol. The van der Waals surface area contributed by atoms with Crippen LogP contribution in [0.3, 0.4) is 0 Å². The SMILES string of the molecule is O=[N+]([O-])c1cn(CC(O)COc2ccc(Br)cc2)cn1. The zero-order valence-electron chi connectivity index (χ0n) is 10.3. The number of aromatic nitrogens is 2. The van der Waals surface area contributed by atoms with E-state index in [4.69, 9.17) is 4.74 Å². The molecule has 0 fully saturated rings. The zero-order valence-corrected chi connectivity index (χ0v) is 11.9. The second kappa shape index (κ2) is 6.49. The second-order valence-corrected chi connectivity index (χ2v) is 5.02. The molecule has 8 heteroatoms. The number of benzene rings is 1. The molecule has 0 saturated heterocycles. The smallest absolute Gasteiger partial charge is 0.381 e. The standard InChI is InChI=1S/C12H12BrN3O4/c13-9-1-3-11(4-2-9)20-7-10(17)5-15-6-12(14-8-15)16(18)19/h1-4,6,8,10,17H,5,7H2. The van der Waals surface area contributed by atoms with E-state index in [0.717, 1.165) is 4.47 Å². The molecule has 0 aliphatic carbocycles. The first-order valence-corrected chi connectivity index (χ1v) is 6.56. The predicted octanol–water partition coefficient (Wildman–Crippen LogP) is 1.99. The molecule has 7 nitrogen and oxygen atoms in total. The molecular weight excluding hydrogens is 330 g/mol. The molecule has 1 unspecified atom stereocenters. The summed E-state index contributed by atoms with van der Waals surface area (Å²) >= 11 is 3.31. The summed E-state index contributed by atoms with van der Waals surface area (Å²) in [5, 5.41) is 20.3. The van der Waals surface area contributed by atoms with Crippen molar-refractivity contribution in [1.82, 2.24) is 9.55 Å². The van der Waals surface area contributed by atoms with Gasteiger partial charge in [-0.05, 0) is 34.2 Å². The van der Waals surface area contributed by atoms with Crippen molar-refractivity contribution in [3.05, 3.63) is 51.4 Å². The third-order valence-corrected chi connectivity index (χ3v) is 3.01. The van der Waals surface area contributed by atoms with Crippen LogP contribution in [0.4, 0.5) is 5.82 Å². The van der Waals surface area contributed by atoms with Crippen LogP contribution in [0.25, 0.3) is 0 Å². The minimum absolute atomic E-state index is 0.0909. The van der Waals surface area contributed by atoms with Crippen molar-refractivity contribution < 1.29 is 14.8 Å². The predicted molar refractivity (Wildman–Crippen MR) is 74.5 cm³/mol. The van der Waals surface area contributed by atoms with Crippen LogP contribution in [0.5, 0.6) is 5.75 Å². The molecule has 1 aromatic carbocycles. The Morgan fingerprint density at radius 1 is 1.45 bits per heavy atom. The molecule has 106 valence electrons. The van der Waals surface area contributed by atoms with Gasteiger partial charge in [-0.25, -0.2) is 0 Å². The Morgan fingerprint density at radius 3 is 2.75 bits per heavy atom. The van der Waals surface area contributed by atoms with Gasteiger partial charge in [0.05, 0.1) is 6.54 Å². The lowest BCUT2D eigenvalue weighted by molar-refractivity contribution is -0.389. The number of ether oxygens (including phenoxy) is 1. The number of nitrogens with zero attached hydrogens (tertiary/aromatic N) is 3. The van der Waals surface area contributed by atoms with Gasteiger partial charge in [0.1, 0.15) is 24.7 Å². The molecule has 2 aromatic rings. The van der Waals surface area contributed by atoms with E-state index in [9.17, 15) is 15.2 Å². The zero-order chi connectivity index (χ0) is 14.5. The van der Waals surface area contributed by atoms with Gasteiger partial charge in [0.2, 0.25) is 6.33 Å². The molecule has 1 N–H and O–H groups in total. The first-order chi connectivity index (χ1) is 9.54. The van der Waals surface area contributed by atoms with E-state index in [1.54, 1.807) is 12.1 Å². The molecule has 0 bridgehead atoms. The quantitative estimate of drug-likeness (QED) is 0.640. The van der Waals surface area contributed by atoms with Crippen LogP contribution in [0.1, 0.15) is 0 Å². The number of hydrogen-bond donors (Lipinski definition) is 1. The fraction of sp³-hybridized carbons (Fsp3) is 0.250. The molecule has 0 amide bonds. The maximum Gasteiger partial charge on any atom is 0.381 e. The summed E-state index contributed by atoms with van der Waals surface area (Å²) in [6, 6.07) is 7.22. The van der Waals surface area contributed by atoms with Crippen molar-refractivity contribution >= 4 is 21.7 Å². The van der Waals surface area contributed by atoms with Gasteiger partial charge in [-0.15, -0.1) is 0 Å².